The number of unbranched alkanes of at least 4 members (excludes halogenated alkanes) is 1. The molecule has 0 fully saturated rings. The molecule has 0 aliphatic heterocycles. The van der Waals surface area contributed by atoms with Gasteiger partial charge >= 0.3 is 0 Å². The molecule has 0 aromatic heterocycles. The van der Waals surface area contributed by atoms with Crippen molar-refractivity contribution in [3.05, 3.63) is 29.8 Å². The number of benzene rings is 1. The van der Waals surface area contributed by atoms with E-state index in [-0.39, 0.29) is 5.75 Å². The van der Waals surface area contributed by atoms with E-state index in [1.165, 1.54) is 0 Å². The summed E-state index contributed by atoms with van der Waals surface area (Å²) in [6, 6.07) is 6.98. The lowest BCUT2D eigenvalue weighted by Gasteiger charge is -2.08. The quantitative estimate of drug-likeness (QED) is 0.549. The van der Waals surface area contributed by atoms with Crippen molar-refractivity contribution in [1.29, 1.82) is 0 Å². The van der Waals surface area contributed by atoms with Gasteiger partial charge < -0.3 is 10.5 Å². The molecule has 0 amide bonds. The Morgan fingerprint density at radius 2 is 2.00 bits per heavy atom. The third kappa shape index (κ3) is 5.48. The lowest BCUT2D eigenvalue weighted by atomic mass is 10.2. The Balaban J connectivity index is 2.43. The van der Waals surface area contributed by atoms with Crippen molar-refractivity contribution in [2.24, 2.45) is 0 Å². The second-order valence-corrected chi connectivity index (χ2v) is 5.86. The molecule has 0 heterocycles. The van der Waals surface area contributed by atoms with Crippen molar-refractivity contribution in [2.75, 3.05) is 26.0 Å². The van der Waals surface area contributed by atoms with Crippen LogP contribution in [0.2, 0.25) is 0 Å². The van der Waals surface area contributed by atoms with E-state index in [1.54, 1.807) is 31.4 Å². The van der Waals surface area contributed by atoms with Gasteiger partial charge in [0.05, 0.1) is 5.75 Å². The van der Waals surface area contributed by atoms with Crippen molar-refractivity contribution in [2.45, 2.75) is 18.6 Å². The van der Waals surface area contributed by atoms with E-state index in [9.17, 15) is 8.42 Å². The average molecular weight is 272 g/mol. The Bertz CT molecular complexity index is 460. The summed E-state index contributed by atoms with van der Waals surface area (Å²) in [5.41, 5.74) is 6.84. The number of methoxy groups -OCH3 is 1. The Morgan fingerprint density at radius 1 is 1.28 bits per heavy atom. The summed E-state index contributed by atoms with van der Waals surface area (Å²) in [4.78, 5) is 0. The summed E-state index contributed by atoms with van der Waals surface area (Å²) in [5.74, 6) is -0.0794. The number of nitrogens with two attached hydrogens (primary N) is 1. The van der Waals surface area contributed by atoms with Gasteiger partial charge in [-0.25, -0.2) is 13.1 Å². The number of nitrogens with one attached hydrogen (secondary N) is 1. The van der Waals surface area contributed by atoms with E-state index in [0.717, 1.165) is 12.8 Å². The number of para-hydroxylation sites is 1. The number of hydrogen-bond donors (Lipinski definition) is 2. The first-order valence-corrected chi connectivity index (χ1v) is 7.50. The summed E-state index contributed by atoms with van der Waals surface area (Å²) in [5, 5.41) is 0. The highest BCUT2D eigenvalue weighted by molar-refractivity contribution is 7.88. The molecule has 18 heavy (non-hydrogen) atoms. The SMILES string of the molecule is COCCCCNS(=O)(=O)Cc1ccccc1N. The van der Waals surface area contributed by atoms with Crippen LogP contribution >= 0.6 is 0 Å². The fourth-order valence-electron chi connectivity index (χ4n) is 1.52. The lowest BCUT2D eigenvalue weighted by Crippen LogP contribution is -2.26. The zero-order valence-corrected chi connectivity index (χ0v) is 11.4. The molecular weight excluding hydrogens is 252 g/mol. The van der Waals surface area contributed by atoms with Crippen molar-refractivity contribution in [1.82, 2.24) is 4.72 Å². The van der Waals surface area contributed by atoms with Crippen LogP contribution in [-0.2, 0) is 20.5 Å². The van der Waals surface area contributed by atoms with E-state index < -0.39 is 10.0 Å². The number of hydrogen-bond acceptors (Lipinski definition) is 4. The molecule has 0 saturated carbocycles. The molecule has 0 aliphatic rings. The number of nitrogen functional groups attached to an aromatic ring is 1. The van der Waals surface area contributed by atoms with Gasteiger partial charge in [-0.3, -0.25) is 0 Å². The van der Waals surface area contributed by atoms with Crippen LogP contribution in [0.25, 0.3) is 0 Å². The zero-order chi connectivity index (χ0) is 13.4. The molecule has 0 aliphatic carbocycles. The van der Waals surface area contributed by atoms with Crippen LogP contribution in [0.15, 0.2) is 24.3 Å². The first-order valence-electron chi connectivity index (χ1n) is 5.85. The van der Waals surface area contributed by atoms with Gasteiger partial charge in [-0.15, -0.1) is 0 Å². The highest BCUT2D eigenvalue weighted by atomic mass is 32.2. The van der Waals surface area contributed by atoms with E-state index >= 15 is 0 Å². The van der Waals surface area contributed by atoms with Crippen LogP contribution in [0, 0.1) is 0 Å². The minimum Gasteiger partial charge on any atom is -0.398 e. The Morgan fingerprint density at radius 3 is 2.67 bits per heavy atom. The zero-order valence-electron chi connectivity index (χ0n) is 10.6. The molecule has 0 atom stereocenters. The topological polar surface area (TPSA) is 81.4 Å². The number of anilines is 1. The smallest absolute Gasteiger partial charge is 0.215 e. The van der Waals surface area contributed by atoms with Gasteiger partial charge in [-0.05, 0) is 24.5 Å². The van der Waals surface area contributed by atoms with Gasteiger partial charge in [0.25, 0.3) is 0 Å². The average Bonchev–Trinajstić information content (AvgIpc) is 2.31. The molecule has 0 unspecified atom stereocenters. The largest absolute Gasteiger partial charge is 0.398 e. The van der Waals surface area contributed by atoms with Crippen LogP contribution < -0.4 is 10.5 Å². The van der Waals surface area contributed by atoms with Crippen LogP contribution in [0.5, 0.6) is 0 Å². The van der Waals surface area contributed by atoms with E-state index in [1.807, 2.05) is 0 Å². The summed E-state index contributed by atoms with van der Waals surface area (Å²) >= 11 is 0. The molecule has 102 valence electrons. The van der Waals surface area contributed by atoms with E-state index in [2.05, 4.69) is 4.72 Å². The van der Waals surface area contributed by atoms with Gasteiger partial charge in [0.15, 0.2) is 0 Å². The molecule has 0 saturated heterocycles. The van der Waals surface area contributed by atoms with Crippen molar-refractivity contribution in [3.8, 4) is 0 Å². The minimum atomic E-state index is -3.32. The molecule has 0 bridgehead atoms. The van der Waals surface area contributed by atoms with Crippen LogP contribution in [0.4, 0.5) is 5.69 Å². The van der Waals surface area contributed by atoms with Gasteiger partial charge in [-0.1, -0.05) is 18.2 Å². The fraction of sp³-hybridized carbons (Fsp3) is 0.500. The van der Waals surface area contributed by atoms with Crippen LogP contribution in [0.3, 0.4) is 0 Å². The van der Waals surface area contributed by atoms with E-state index in [4.69, 9.17) is 10.5 Å². The highest BCUT2D eigenvalue weighted by Crippen LogP contribution is 2.13. The Hall–Kier alpha value is -1.11. The molecular formula is C12H20N2O3S. The maximum atomic E-state index is 11.8. The molecule has 6 heteroatoms. The second-order valence-electron chi connectivity index (χ2n) is 4.05. The second kappa shape index (κ2) is 7.35. The maximum absolute atomic E-state index is 11.8. The Labute approximate surface area is 108 Å². The first kappa shape index (κ1) is 14.9. The van der Waals surface area contributed by atoms with Crippen LogP contribution in [0.1, 0.15) is 18.4 Å². The third-order valence-electron chi connectivity index (χ3n) is 2.50. The van der Waals surface area contributed by atoms with Crippen molar-refractivity contribution >= 4 is 15.7 Å². The van der Waals surface area contributed by atoms with Gasteiger partial charge in [-0.2, -0.15) is 0 Å². The summed E-state index contributed by atoms with van der Waals surface area (Å²) < 4.78 is 31.0. The van der Waals surface area contributed by atoms with Crippen LogP contribution in [-0.4, -0.2) is 28.7 Å². The standard InChI is InChI=1S/C12H20N2O3S/c1-17-9-5-4-8-14-18(15,16)10-11-6-2-3-7-12(11)13/h2-3,6-7,14H,4-5,8-10,13H2,1H3. The minimum absolute atomic E-state index is 0.0794. The van der Waals surface area contributed by atoms with Gasteiger partial charge in [0.2, 0.25) is 10.0 Å². The molecule has 1 aromatic rings. The van der Waals surface area contributed by atoms with Gasteiger partial charge in [0, 0.05) is 25.9 Å². The summed E-state index contributed by atoms with van der Waals surface area (Å²) in [6.07, 6.45) is 1.60. The third-order valence-corrected chi connectivity index (χ3v) is 3.83. The number of ether oxygens (including phenoxy) is 1. The molecule has 0 spiro atoms. The molecule has 0 radical (unpaired) electrons. The molecule has 1 rings (SSSR count). The number of sulfonamides is 1. The highest BCUT2D eigenvalue weighted by Gasteiger charge is 2.12. The normalized spacial score (nSPS) is 11.6. The van der Waals surface area contributed by atoms with E-state index in [0.29, 0.717) is 24.4 Å². The number of rotatable bonds is 8. The Kier molecular flexibility index (Phi) is 6.11. The summed E-state index contributed by atoms with van der Waals surface area (Å²) in [7, 11) is -1.69. The van der Waals surface area contributed by atoms with Crippen molar-refractivity contribution in [3.63, 3.8) is 0 Å². The summed E-state index contributed by atoms with van der Waals surface area (Å²) in [6.45, 7) is 1.08. The molecule has 5 nitrogen and oxygen atoms in total. The molecule has 1 aromatic carbocycles. The first-order chi connectivity index (χ1) is 8.55. The predicted octanol–water partition coefficient (Wildman–Crippen LogP) is 1.11. The van der Waals surface area contributed by atoms with Gasteiger partial charge in [0.1, 0.15) is 0 Å². The molecule has 3 N–H and O–H groups in total. The fourth-order valence-corrected chi connectivity index (χ4v) is 2.75. The maximum Gasteiger partial charge on any atom is 0.215 e. The monoisotopic (exact) mass is 272 g/mol. The lowest BCUT2D eigenvalue weighted by molar-refractivity contribution is 0.193. The van der Waals surface area contributed by atoms with Crippen molar-refractivity contribution < 1.29 is 13.2 Å². The predicted molar refractivity (Wildman–Crippen MR) is 72.6 cm³/mol.